The molecule has 0 aromatic rings. The van der Waals surface area contributed by atoms with Gasteiger partial charge in [0.1, 0.15) is 30.2 Å². The highest BCUT2D eigenvalue weighted by Crippen LogP contribution is 2.42. The van der Waals surface area contributed by atoms with E-state index in [1.807, 2.05) is 140 Å². The number of Topliss-reactive ketones (excluding diaryl/α,β-unsaturated/α-hetero) is 2. The van der Waals surface area contributed by atoms with E-state index in [0.717, 1.165) is 33.4 Å². The molecule has 13 heteroatoms. The van der Waals surface area contributed by atoms with Crippen LogP contribution < -0.4 is 0 Å². The van der Waals surface area contributed by atoms with Gasteiger partial charge >= 0.3 is 11.9 Å². The fraction of sp³-hybridized carbons (Fsp3) is 0.434. The van der Waals surface area contributed by atoms with Crippen molar-refractivity contribution < 1.29 is 63.7 Å². The first-order valence-corrected chi connectivity index (χ1v) is 22.0. The topological polar surface area (TPSA) is 206 Å². The van der Waals surface area contributed by atoms with Gasteiger partial charge in [-0.1, -0.05) is 135 Å². The number of hydrogen-bond acceptors (Lipinski definition) is 13. The largest absolute Gasteiger partial charge is 0.508 e. The molecule has 0 fully saturated rings. The van der Waals surface area contributed by atoms with Gasteiger partial charge in [-0.15, -0.1) is 0 Å². The number of hydrogen-bond donors (Lipinski definition) is 5. The maximum atomic E-state index is 13.3. The molecular weight excluding hydrogens is 845 g/mol. The molecule has 0 radical (unpaired) electrons. The molecule has 0 aromatic heterocycles. The van der Waals surface area contributed by atoms with Crippen molar-refractivity contribution in [3.05, 3.63) is 152 Å². The minimum absolute atomic E-state index is 0.0447. The van der Waals surface area contributed by atoms with Crippen molar-refractivity contribution in [2.45, 2.75) is 126 Å². The summed E-state index contributed by atoms with van der Waals surface area (Å²) in [6, 6.07) is 0. The van der Waals surface area contributed by atoms with Crippen LogP contribution in [-0.4, -0.2) is 98.9 Å². The monoisotopic (exact) mass is 910 g/mol. The van der Waals surface area contributed by atoms with Crippen LogP contribution in [0.15, 0.2) is 152 Å². The quantitative estimate of drug-likeness (QED) is 0.0646. The molecule has 356 valence electrons. The second kappa shape index (κ2) is 22.6. The van der Waals surface area contributed by atoms with Crippen LogP contribution in [0.3, 0.4) is 0 Å². The summed E-state index contributed by atoms with van der Waals surface area (Å²) in [7, 11) is 0. The van der Waals surface area contributed by atoms with E-state index in [-0.39, 0.29) is 36.1 Å². The Kier molecular flexibility index (Phi) is 18.0. The molecule has 6 unspecified atom stereocenters. The van der Waals surface area contributed by atoms with Crippen LogP contribution in [0.25, 0.3) is 0 Å². The van der Waals surface area contributed by atoms with E-state index in [9.17, 15) is 44.7 Å². The van der Waals surface area contributed by atoms with Crippen molar-refractivity contribution in [3.8, 4) is 0 Å². The van der Waals surface area contributed by atoms with Crippen molar-refractivity contribution >= 4 is 23.5 Å². The zero-order valence-corrected chi connectivity index (χ0v) is 39.9. The standard InChI is InChI=1S/C53H66O13/c1-30(18-14-20-32(3)22-24-37-34(5)43(56)41(26-52(37,8)9)63-28-39(54)48-45(58)36(7)50(61)65-48)16-12-13-17-31(2)19-15-21-33(4)23-25-38-35(6)44(57)42(27-53(38,10)11)64-29-40(55)49-46(59)47(60)51(62)66-49/h12-25,39-42,48-49,54-55,58-60H,26-29H2,1-11H3/b13-12+,18-14+,19-15+,24-22+,25-23+,30-16+,31-17+,32-20+,33-21+. The Morgan fingerprint density at radius 2 is 0.939 bits per heavy atom. The van der Waals surface area contributed by atoms with Crippen LogP contribution >= 0.6 is 0 Å². The van der Waals surface area contributed by atoms with E-state index in [2.05, 4.69) is 0 Å². The SMILES string of the molecule is CC1=C(O)C(C(O)COC2CC(C)(C)C(/C=C/C(C)=C/C=C/C(C)=C/C=C/C=C(C)/C=C/C=C(C)/C=C/C3=C(C)C(=O)C(OCC(O)C4OC(=O)C(O)=C4O)CC3(C)C)=C(C)C2=O)OC1=O. The van der Waals surface area contributed by atoms with E-state index in [1.54, 1.807) is 13.8 Å². The van der Waals surface area contributed by atoms with E-state index in [1.165, 1.54) is 6.92 Å². The molecule has 2 aliphatic carbocycles. The molecule has 13 nitrogen and oxygen atoms in total. The van der Waals surface area contributed by atoms with Crippen molar-refractivity contribution in [2.24, 2.45) is 10.8 Å². The third kappa shape index (κ3) is 13.4. The number of carbonyl (C=O) groups is 4. The van der Waals surface area contributed by atoms with Gasteiger partial charge in [0.05, 0.1) is 18.8 Å². The summed E-state index contributed by atoms with van der Waals surface area (Å²) in [6.07, 6.45) is 21.4. The van der Waals surface area contributed by atoms with Gasteiger partial charge in [-0.05, 0) is 94.4 Å². The molecule has 0 saturated heterocycles. The molecule has 6 atom stereocenters. The summed E-state index contributed by atoms with van der Waals surface area (Å²) < 4.78 is 21.4. The predicted octanol–water partition coefficient (Wildman–Crippen LogP) is 8.69. The van der Waals surface area contributed by atoms with Gasteiger partial charge in [0.2, 0.25) is 5.76 Å². The molecule has 66 heavy (non-hydrogen) atoms. The van der Waals surface area contributed by atoms with Crippen molar-refractivity contribution in [1.82, 2.24) is 0 Å². The Labute approximate surface area is 388 Å². The number of allylic oxidation sites excluding steroid dienone is 20. The van der Waals surface area contributed by atoms with E-state index in [0.29, 0.717) is 24.0 Å². The van der Waals surface area contributed by atoms with Crippen LogP contribution in [0, 0.1) is 10.8 Å². The highest BCUT2D eigenvalue weighted by molar-refractivity contribution is 6.01. The molecule has 0 amide bonds. The molecular formula is C53H66O13. The van der Waals surface area contributed by atoms with E-state index < -0.39 is 70.9 Å². The fourth-order valence-electron chi connectivity index (χ4n) is 8.01. The number of aliphatic hydroxyl groups excluding tert-OH is 5. The molecule has 0 bridgehead atoms. The number of cyclic esters (lactones) is 2. The lowest BCUT2D eigenvalue weighted by Crippen LogP contribution is -2.41. The molecule has 0 aromatic carbocycles. The number of rotatable bonds is 18. The van der Waals surface area contributed by atoms with Crippen molar-refractivity contribution in [2.75, 3.05) is 13.2 Å². The van der Waals surface area contributed by atoms with Crippen LogP contribution in [0.4, 0.5) is 0 Å². The highest BCUT2D eigenvalue weighted by atomic mass is 16.6. The van der Waals surface area contributed by atoms with Crippen LogP contribution in [-0.2, 0) is 38.1 Å². The molecule has 4 aliphatic rings. The lowest BCUT2D eigenvalue weighted by atomic mass is 9.71. The van der Waals surface area contributed by atoms with Gasteiger partial charge in [-0.2, -0.15) is 0 Å². The van der Waals surface area contributed by atoms with Crippen LogP contribution in [0.1, 0.15) is 89.0 Å². The Bertz CT molecular complexity index is 2180. The number of ketones is 2. The summed E-state index contributed by atoms with van der Waals surface area (Å²) in [4.78, 5) is 49.7. The first kappa shape index (κ1) is 52.8. The van der Waals surface area contributed by atoms with Gasteiger partial charge in [-0.25, -0.2) is 9.59 Å². The minimum Gasteiger partial charge on any atom is -0.508 e. The average Bonchev–Trinajstić information content (AvgIpc) is 3.66. The number of aliphatic hydroxyl groups is 5. The summed E-state index contributed by atoms with van der Waals surface area (Å²) in [5, 5.41) is 50.4. The molecule has 0 saturated carbocycles. The van der Waals surface area contributed by atoms with Gasteiger partial charge in [0, 0.05) is 0 Å². The molecule has 4 rings (SSSR count). The smallest absolute Gasteiger partial charge is 0.377 e. The van der Waals surface area contributed by atoms with Crippen LogP contribution in [0.5, 0.6) is 0 Å². The Morgan fingerprint density at radius 1 is 0.576 bits per heavy atom. The summed E-state index contributed by atoms with van der Waals surface area (Å²) in [5.74, 6) is -4.27. The second-order valence-corrected chi connectivity index (χ2v) is 18.6. The lowest BCUT2D eigenvalue weighted by molar-refractivity contribution is -0.151. The Balaban J connectivity index is 1.26. The maximum Gasteiger partial charge on any atom is 0.377 e. The predicted molar refractivity (Wildman–Crippen MR) is 252 cm³/mol. The van der Waals surface area contributed by atoms with E-state index in [4.69, 9.17) is 18.9 Å². The van der Waals surface area contributed by atoms with Gasteiger partial charge < -0.3 is 44.5 Å². The second-order valence-electron chi connectivity index (χ2n) is 18.6. The zero-order valence-electron chi connectivity index (χ0n) is 39.9. The van der Waals surface area contributed by atoms with Gasteiger partial charge in [0.25, 0.3) is 0 Å². The number of carbonyl (C=O) groups excluding carboxylic acids is 4. The molecule has 2 aliphatic heterocycles. The third-order valence-corrected chi connectivity index (χ3v) is 12.0. The third-order valence-electron chi connectivity index (χ3n) is 12.0. The number of esters is 2. The summed E-state index contributed by atoms with van der Waals surface area (Å²) >= 11 is 0. The maximum absolute atomic E-state index is 13.3. The highest BCUT2D eigenvalue weighted by Gasteiger charge is 2.43. The normalized spacial score (nSPS) is 26.0. The Hall–Kier alpha value is -5.86. The lowest BCUT2D eigenvalue weighted by Gasteiger charge is -2.37. The van der Waals surface area contributed by atoms with Gasteiger partial charge in [0.15, 0.2) is 29.5 Å². The van der Waals surface area contributed by atoms with Crippen molar-refractivity contribution in [3.63, 3.8) is 0 Å². The molecule has 0 spiro atoms. The Morgan fingerprint density at radius 3 is 1.30 bits per heavy atom. The minimum atomic E-state index is -1.47. The van der Waals surface area contributed by atoms with Crippen LogP contribution in [0.2, 0.25) is 0 Å². The zero-order chi connectivity index (χ0) is 49.3. The fourth-order valence-corrected chi connectivity index (χ4v) is 8.01. The first-order valence-electron chi connectivity index (χ1n) is 22.0. The molecule has 2 heterocycles. The average molecular weight is 911 g/mol. The van der Waals surface area contributed by atoms with Gasteiger partial charge in [-0.3, -0.25) is 9.59 Å². The van der Waals surface area contributed by atoms with Crippen molar-refractivity contribution in [1.29, 1.82) is 0 Å². The summed E-state index contributed by atoms with van der Waals surface area (Å²) in [6.45, 7) is 20.3. The number of ether oxygens (including phenoxy) is 4. The summed E-state index contributed by atoms with van der Waals surface area (Å²) in [5.41, 5.74) is 6.19. The molecule has 5 N–H and O–H groups in total. The van der Waals surface area contributed by atoms with E-state index >= 15 is 0 Å². The first-order chi connectivity index (χ1) is 30.9.